The third-order valence-corrected chi connectivity index (χ3v) is 3.40. The van der Waals surface area contributed by atoms with Crippen molar-refractivity contribution in [1.29, 1.82) is 0 Å². The predicted molar refractivity (Wildman–Crippen MR) is 78.1 cm³/mol. The highest BCUT2D eigenvalue weighted by atomic mass is 16.5. The Hall–Kier alpha value is -2.22. The molecule has 0 radical (unpaired) electrons. The van der Waals surface area contributed by atoms with Crippen LogP contribution in [0, 0.1) is 0 Å². The van der Waals surface area contributed by atoms with E-state index in [9.17, 15) is 0 Å². The Bertz CT molecular complexity index is 566. The average Bonchev–Trinajstić information content (AvgIpc) is 3.02. The van der Waals surface area contributed by atoms with Crippen LogP contribution in [-0.2, 0) is 4.74 Å². The monoisotopic (exact) mass is 289 g/mol. The van der Waals surface area contributed by atoms with Gasteiger partial charge >= 0.3 is 0 Å². The highest BCUT2D eigenvalue weighted by Gasteiger charge is 2.13. The van der Waals surface area contributed by atoms with E-state index in [1.165, 1.54) is 12.8 Å². The predicted octanol–water partition coefficient (Wildman–Crippen LogP) is 1.01. The number of nitrogens with zero attached hydrogens (tertiary/aromatic N) is 5. The maximum Gasteiger partial charge on any atom is 0.241 e. The summed E-state index contributed by atoms with van der Waals surface area (Å²) in [4.78, 5) is 16.5. The van der Waals surface area contributed by atoms with Gasteiger partial charge in [-0.1, -0.05) is 0 Å². The van der Waals surface area contributed by atoms with Crippen LogP contribution in [0.1, 0.15) is 25.7 Å². The van der Waals surface area contributed by atoms with Crippen molar-refractivity contribution in [2.24, 2.45) is 0 Å². The lowest BCUT2D eigenvalue weighted by molar-refractivity contribution is 0.0134. The van der Waals surface area contributed by atoms with E-state index in [0.29, 0.717) is 18.0 Å². The molecule has 1 fully saturated rings. The second-order valence-corrected chi connectivity index (χ2v) is 4.99. The van der Waals surface area contributed by atoms with Gasteiger partial charge in [0.2, 0.25) is 17.8 Å². The van der Waals surface area contributed by atoms with E-state index in [2.05, 4.69) is 25.3 Å². The fourth-order valence-corrected chi connectivity index (χ4v) is 2.33. The first-order chi connectivity index (χ1) is 10.3. The summed E-state index contributed by atoms with van der Waals surface area (Å²) >= 11 is 0. The summed E-state index contributed by atoms with van der Waals surface area (Å²) in [6.07, 6.45) is 9.85. The van der Waals surface area contributed by atoms with Gasteiger partial charge < -0.3 is 15.8 Å². The first-order valence-electron chi connectivity index (χ1n) is 7.16. The normalized spacial score (nSPS) is 18.6. The number of nitrogens with one attached hydrogen (secondary N) is 1. The second-order valence-electron chi connectivity index (χ2n) is 4.99. The van der Waals surface area contributed by atoms with Gasteiger partial charge in [-0.25, -0.2) is 4.98 Å². The van der Waals surface area contributed by atoms with Crippen LogP contribution in [0.25, 0.3) is 5.95 Å². The molecule has 1 aliphatic rings. The van der Waals surface area contributed by atoms with Crippen molar-refractivity contribution in [1.82, 2.24) is 24.5 Å². The fourth-order valence-electron chi connectivity index (χ4n) is 2.33. The summed E-state index contributed by atoms with van der Waals surface area (Å²) in [7, 11) is 0. The summed E-state index contributed by atoms with van der Waals surface area (Å²) in [6, 6.07) is 0. The molecule has 2 aromatic heterocycles. The molecule has 3 rings (SSSR count). The topological polar surface area (TPSA) is 104 Å². The summed E-state index contributed by atoms with van der Waals surface area (Å²) < 4.78 is 7.38. The third-order valence-electron chi connectivity index (χ3n) is 3.40. The van der Waals surface area contributed by atoms with Gasteiger partial charge in [0.15, 0.2) is 0 Å². The molecule has 1 aliphatic heterocycles. The van der Waals surface area contributed by atoms with E-state index < -0.39 is 0 Å². The minimum absolute atomic E-state index is 0.185. The molecule has 0 aromatic carbocycles. The van der Waals surface area contributed by atoms with Gasteiger partial charge in [0, 0.05) is 25.5 Å². The zero-order chi connectivity index (χ0) is 14.5. The van der Waals surface area contributed by atoms with Gasteiger partial charge in [0.25, 0.3) is 0 Å². The molecule has 0 aliphatic carbocycles. The molecule has 0 saturated carbocycles. The van der Waals surface area contributed by atoms with Crippen LogP contribution in [0.2, 0.25) is 0 Å². The maximum absolute atomic E-state index is 5.72. The summed E-state index contributed by atoms with van der Waals surface area (Å²) in [6.45, 7) is 1.62. The molecule has 0 spiro atoms. The molecule has 1 atom stereocenters. The van der Waals surface area contributed by atoms with E-state index in [0.717, 1.165) is 26.0 Å². The van der Waals surface area contributed by atoms with Crippen molar-refractivity contribution in [2.45, 2.75) is 31.8 Å². The van der Waals surface area contributed by atoms with Gasteiger partial charge in [0.1, 0.15) is 6.33 Å². The smallest absolute Gasteiger partial charge is 0.241 e. The lowest BCUT2D eigenvalue weighted by Gasteiger charge is -2.22. The van der Waals surface area contributed by atoms with Crippen LogP contribution in [0.4, 0.5) is 11.9 Å². The number of rotatable bonds is 5. The number of aromatic nitrogens is 5. The highest BCUT2D eigenvalue weighted by molar-refractivity contribution is 5.34. The minimum atomic E-state index is 0.185. The molecule has 8 nitrogen and oxygen atoms in total. The van der Waals surface area contributed by atoms with E-state index in [1.54, 1.807) is 23.3 Å². The van der Waals surface area contributed by atoms with Crippen molar-refractivity contribution >= 4 is 11.9 Å². The maximum atomic E-state index is 5.72. The van der Waals surface area contributed by atoms with E-state index in [-0.39, 0.29) is 5.95 Å². The van der Waals surface area contributed by atoms with Crippen LogP contribution < -0.4 is 11.1 Å². The number of hydrogen-bond acceptors (Lipinski definition) is 7. The van der Waals surface area contributed by atoms with Crippen molar-refractivity contribution in [3.8, 4) is 5.95 Å². The Kier molecular flexibility index (Phi) is 4.25. The Morgan fingerprint density at radius 3 is 3.05 bits per heavy atom. The zero-order valence-electron chi connectivity index (χ0n) is 11.8. The largest absolute Gasteiger partial charge is 0.378 e. The molecule has 8 heteroatoms. The van der Waals surface area contributed by atoms with Crippen molar-refractivity contribution in [2.75, 3.05) is 24.2 Å². The quantitative estimate of drug-likeness (QED) is 0.846. The minimum Gasteiger partial charge on any atom is -0.378 e. The van der Waals surface area contributed by atoms with Gasteiger partial charge in [0.05, 0.1) is 6.10 Å². The Morgan fingerprint density at radius 2 is 2.29 bits per heavy atom. The molecular formula is C13H19N7O. The van der Waals surface area contributed by atoms with E-state index in [4.69, 9.17) is 10.5 Å². The summed E-state index contributed by atoms with van der Waals surface area (Å²) in [5, 5.41) is 3.18. The third kappa shape index (κ3) is 3.66. The number of anilines is 2. The SMILES string of the molecule is Nc1nc(NCCC2CCCCO2)nc(-n2ccnc2)n1. The van der Waals surface area contributed by atoms with Crippen LogP contribution in [-0.4, -0.2) is 43.8 Å². The molecular weight excluding hydrogens is 270 g/mol. The number of nitrogens with two attached hydrogens (primary N) is 1. The standard InChI is InChI=1S/C13H19N7O/c14-11-17-12(16-5-4-10-3-1-2-8-21-10)19-13(18-11)20-7-6-15-9-20/h6-7,9-10H,1-5,8H2,(H3,14,16,17,18,19). The molecule has 112 valence electrons. The molecule has 3 heterocycles. The number of imidazole rings is 1. The lowest BCUT2D eigenvalue weighted by atomic mass is 10.1. The van der Waals surface area contributed by atoms with Crippen LogP contribution in [0.3, 0.4) is 0 Å². The first-order valence-corrected chi connectivity index (χ1v) is 7.16. The first kappa shape index (κ1) is 13.7. The Labute approximate surface area is 122 Å². The molecule has 1 saturated heterocycles. The number of hydrogen-bond donors (Lipinski definition) is 2. The molecule has 21 heavy (non-hydrogen) atoms. The fraction of sp³-hybridized carbons (Fsp3) is 0.538. The van der Waals surface area contributed by atoms with Crippen molar-refractivity contribution < 1.29 is 4.74 Å². The Morgan fingerprint density at radius 1 is 1.33 bits per heavy atom. The van der Waals surface area contributed by atoms with Crippen LogP contribution in [0.15, 0.2) is 18.7 Å². The average molecular weight is 289 g/mol. The molecule has 3 N–H and O–H groups in total. The van der Waals surface area contributed by atoms with Gasteiger partial charge in [-0.15, -0.1) is 0 Å². The molecule has 2 aromatic rings. The van der Waals surface area contributed by atoms with Crippen molar-refractivity contribution in [3.63, 3.8) is 0 Å². The van der Waals surface area contributed by atoms with Gasteiger partial charge in [-0.2, -0.15) is 15.0 Å². The van der Waals surface area contributed by atoms with Gasteiger partial charge in [-0.3, -0.25) is 4.57 Å². The van der Waals surface area contributed by atoms with E-state index >= 15 is 0 Å². The summed E-state index contributed by atoms with van der Waals surface area (Å²) in [5.74, 6) is 1.11. The van der Waals surface area contributed by atoms with Crippen LogP contribution >= 0.6 is 0 Å². The molecule has 0 bridgehead atoms. The zero-order valence-corrected chi connectivity index (χ0v) is 11.8. The van der Waals surface area contributed by atoms with Gasteiger partial charge in [-0.05, 0) is 25.7 Å². The van der Waals surface area contributed by atoms with Crippen LogP contribution in [0.5, 0.6) is 0 Å². The summed E-state index contributed by atoms with van der Waals surface area (Å²) in [5.41, 5.74) is 5.72. The number of ether oxygens (including phenoxy) is 1. The second kappa shape index (κ2) is 6.49. The molecule has 0 amide bonds. The van der Waals surface area contributed by atoms with Crippen molar-refractivity contribution in [3.05, 3.63) is 18.7 Å². The highest BCUT2D eigenvalue weighted by Crippen LogP contribution is 2.15. The van der Waals surface area contributed by atoms with E-state index in [1.807, 2.05) is 0 Å². The number of nitrogen functional groups attached to an aromatic ring is 1. The molecule has 1 unspecified atom stereocenters. The lowest BCUT2D eigenvalue weighted by Crippen LogP contribution is -2.22. The Balaban J connectivity index is 1.60.